The first-order valence-electron chi connectivity index (χ1n) is 9.39. The van der Waals surface area contributed by atoms with E-state index in [9.17, 15) is 4.79 Å². The number of hydrogen-bond acceptors (Lipinski definition) is 5. The highest BCUT2D eigenvalue weighted by atomic mass is 32.1. The minimum Gasteiger partial charge on any atom is -0.494 e. The molecule has 1 heterocycles. The van der Waals surface area contributed by atoms with Crippen LogP contribution in [0.15, 0.2) is 42.5 Å². The second-order valence-corrected chi connectivity index (χ2v) is 6.95. The normalized spacial score (nSPS) is 15.4. The van der Waals surface area contributed by atoms with Gasteiger partial charge >= 0.3 is 0 Å². The Bertz CT molecular complexity index is 855. The van der Waals surface area contributed by atoms with E-state index in [2.05, 4.69) is 16.0 Å². The molecule has 0 radical (unpaired) electrons. The van der Waals surface area contributed by atoms with Gasteiger partial charge in [-0.3, -0.25) is 4.79 Å². The number of carbonyl (C=O) groups is 1. The first-order chi connectivity index (χ1) is 14.1. The van der Waals surface area contributed by atoms with Gasteiger partial charge in [0.15, 0.2) is 5.11 Å². The van der Waals surface area contributed by atoms with Gasteiger partial charge in [-0.2, -0.15) is 0 Å². The quantitative estimate of drug-likeness (QED) is 0.598. The molecular weight excluding hydrogens is 390 g/mol. The standard InChI is InChI=1S/C21H25N3O4S/c1-26-18-12-17(24-21(29)22-13-15-9-6-10-28-15)19(27-2)11-16(18)23-20(25)14-7-4-3-5-8-14/h3-5,7-8,11-12,15H,6,9-10,13H2,1-2H3,(H,23,25)(H2,22,24,29)/t15-/m0/s1. The molecule has 1 amide bonds. The maximum absolute atomic E-state index is 12.5. The molecule has 0 aromatic heterocycles. The summed E-state index contributed by atoms with van der Waals surface area (Å²) in [6.07, 6.45) is 2.29. The number of anilines is 2. The Kier molecular flexibility index (Phi) is 7.26. The molecule has 1 fully saturated rings. The zero-order valence-corrected chi connectivity index (χ0v) is 17.3. The smallest absolute Gasteiger partial charge is 0.255 e. The van der Waals surface area contributed by atoms with E-state index < -0.39 is 0 Å². The van der Waals surface area contributed by atoms with Gasteiger partial charge in [-0.1, -0.05) is 18.2 Å². The molecule has 8 heteroatoms. The van der Waals surface area contributed by atoms with E-state index in [1.165, 1.54) is 7.11 Å². The zero-order valence-electron chi connectivity index (χ0n) is 16.5. The minimum absolute atomic E-state index is 0.182. The summed E-state index contributed by atoms with van der Waals surface area (Å²) in [6, 6.07) is 12.4. The zero-order chi connectivity index (χ0) is 20.6. The SMILES string of the molecule is COc1cc(NC(=S)NC[C@@H]2CCCO2)c(OC)cc1NC(=O)c1ccccc1. The average molecular weight is 416 g/mol. The molecular formula is C21H25N3O4S. The van der Waals surface area contributed by atoms with Crippen LogP contribution in [0.2, 0.25) is 0 Å². The summed E-state index contributed by atoms with van der Waals surface area (Å²) in [6.45, 7) is 1.45. The minimum atomic E-state index is -0.236. The average Bonchev–Trinajstić information content (AvgIpc) is 3.27. The van der Waals surface area contributed by atoms with Crippen molar-refractivity contribution in [3.63, 3.8) is 0 Å². The highest BCUT2D eigenvalue weighted by Gasteiger charge is 2.17. The summed E-state index contributed by atoms with van der Waals surface area (Å²) in [5.74, 6) is 0.773. The van der Waals surface area contributed by atoms with Crippen LogP contribution in [-0.2, 0) is 4.74 Å². The third kappa shape index (κ3) is 5.58. The van der Waals surface area contributed by atoms with Gasteiger partial charge < -0.3 is 30.2 Å². The van der Waals surface area contributed by atoms with Crippen LogP contribution in [0.3, 0.4) is 0 Å². The van der Waals surface area contributed by atoms with Crippen LogP contribution in [0.4, 0.5) is 11.4 Å². The molecule has 0 bridgehead atoms. The van der Waals surface area contributed by atoms with Crippen molar-refractivity contribution in [3.05, 3.63) is 48.0 Å². The maximum Gasteiger partial charge on any atom is 0.255 e. The summed E-state index contributed by atoms with van der Waals surface area (Å²) >= 11 is 5.38. The fraction of sp³-hybridized carbons (Fsp3) is 0.333. The van der Waals surface area contributed by atoms with Gasteiger partial charge in [0.2, 0.25) is 0 Å². The van der Waals surface area contributed by atoms with Gasteiger partial charge in [0, 0.05) is 30.8 Å². The summed E-state index contributed by atoms with van der Waals surface area (Å²) < 4.78 is 16.5. The van der Waals surface area contributed by atoms with Crippen molar-refractivity contribution in [2.24, 2.45) is 0 Å². The van der Waals surface area contributed by atoms with Gasteiger partial charge in [-0.15, -0.1) is 0 Å². The van der Waals surface area contributed by atoms with Crippen molar-refractivity contribution in [3.8, 4) is 11.5 Å². The number of rotatable bonds is 7. The molecule has 154 valence electrons. The Morgan fingerprint density at radius 3 is 2.34 bits per heavy atom. The van der Waals surface area contributed by atoms with E-state index in [4.69, 9.17) is 26.4 Å². The highest BCUT2D eigenvalue weighted by molar-refractivity contribution is 7.80. The van der Waals surface area contributed by atoms with E-state index in [0.29, 0.717) is 40.1 Å². The lowest BCUT2D eigenvalue weighted by Gasteiger charge is -2.18. The fourth-order valence-electron chi connectivity index (χ4n) is 3.06. The Labute approximate surface area is 175 Å². The van der Waals surface area contributed by atoms with Crippen LogP contribution in [0, 0.1) is 0 Å². The predicted octanol–water partition coefficient (Wildman–Crippen LogP) is 3.42. The van der Waals surface area contributed by atoms with Crippen LogP contribution >= 0.6 is 12.2 Å². The Morgan fingerprint density at radius 2 is 1.76 bits per heavy atom. The maximum atomic E-state index is 12.5. The van der Waals surface area contributed by atoms with Crippen LogP contribution in [0.5, 0.6) is 11.5 Å². The third-order valence-corrected chi connectivity index (χ3v) is 4.81. The van der Waals surface area contributed by atoms with E-state index in [-0.39, 0.29) is 12.0 Å². The van der Waals surface area contributed by atoms with Crippen molar-refractivity contribution in [2.75, 3.05) is 38.0 Å². The second kappa shape index (κ2) is 10.1. The van der Waals surface area contributed by atoms with E-state index in [1.807, 2.05) is 18.2 Å². The molecule has 0 aliphatic carbocycles. The van der Waals surface area contributed by atoms with Gasteiger partial charge in [0.05, 0.1) is 31.7 Å². The number of thiocarbonyl (C=S) groups is 1. The summed E-state index contributed by atoms with van der Waals surface area (Å²) in [5, 5.41) is 9.60. The number of nitrogens with one attached hydrogen (secondary N) is 3. The lowest BCUT2D eigenvalue weighted by Crippen LogP contribution is -2.34. The molecule has 1 aliphatic heterocycles. The fourth-order valence-corrected chi connectivity index (χ4v) is 3.25. The number of carbonyl (C=O) groups excluding carboxylic acids is 1. The van der Waals surface area contributed by atoms with E-state index in [0.717, 1.165) is 19.4 Å². The first-order valence-corrected chi connectivity index (χ1v) is 9.80. The van der Waals surface area contributed by atoms with Gasteiger partial charge in [0.25, 0.3) is 5.91 Å². The van der Waals surface area contributed by atoms with Crippen LogP contribution < -0.4 is 25.4 Å². The van der Waals surface area contributed by atoms with Crippen LogP contribution in [0.1, 0.15) is 23.2 Å². The van der Waals surface area contributed by atoms with Crippen molar-refractivity contribution < 1.29 is 19.0 Å². The number of amides is 1. The number of benzene rings is 2. The van der Waals surface area contributed by atoms with E-state index in [1.54, 1.807) is 31.4 Å². The Hall–Kier alpha value is -2.84. The summed E-state index contributed by atoms with van der Waals surface area (Å²) in [5.41, 5.74) is 1.68. The largest absolute Gasteiger partial charge is 0.494 e. The van der Waals surface area contributed by atoms with Crippen LogP contribution in [-0.4, -0.2) is 44.5 Å². The number of hydrogen-bond donors (Lipinski definition) is 3. The lowest BCUT2D eigenvalue weighted by atomic mass is 10.2. The molecule has 1 aliphatic rings. The molecule has 0 saturated carbocycles. The molecule has 2 aromatic rings. The van der Waals surface area contributed by atoms with E-state index >= 15 is 0 Å². The topological polar surface area (TPSA) is 80.8 Å². The number of methoxy groups -OCH3 is 2. The van der Waals surface area contributed by atoms with Gasteiger partial charge in [-0.25, -0.2) is 0 Å². The molecule has 2 aromatic carbocycles. The van der Waals surface area contributed by atoms with Crippen molar-refractivity contribution in [2.45, 2.75) is 18.9 Å². The molecule has 0 spiro atoms. The summed E-state index contributed by atoms with van der Waals surface area (Å²) in [7, 11) is 3.09. The summed E-state index contributed by atoms with van der Waals surface area (Å²) in [4.78, 5) is 12.5. The third-order valence-electron chi connectivity index (χ3n) is 4.57. The molecule has 0 unspecified atom stereocenters. The molecule has 7 nitrogen and oxygen atoms in total. The predicted molar refractivity (Wildman–Crippen MR) is 117 cm³/mol. The Balaban J connectivity index is 1.71. The first kappa shape index (κ1) is 20.9. The van der Waals surface area contributed by atoms with Crippen LogP contribution in [0.25, 0.3) is 0 Å². The monoisotopic (exact) mass is 415 g/mol. The number of ether oxygens (including phenoxy) is 3. The van der Waals surface area contributed by atoms with Crippen molar-refractivity contribution in [1.82, 2.24) is 5.32 Å². The second-order valence-electron chi connectivity index (χ2n) is 6.54. The highest BCUT2D eigenvalue weighted by Crippen LogP contribution is 2.36. The Morgan fingerprint density at radius 1 is 1.10 bits per heavy atom. The molecule has 3 N–H and O–H groups in total. The molecule has 3 rings (SSSR count). The lowest BCUT2D eigenvalue weighted by molar-refractivity contribution is 0.102. The molecule has 29 heavy (non-hydrogen) atoms. The van der Waals surface area contributed by atoms with Gasteiger partial charge in [-0.05, 0) is 37.2 Å². The van der Waals surface area contributed by atoms with Crippen molar-refractivity contribution >= 4 is 34.6 Å². The molecule has 1 saturated heterocycles. The van der Waals surface area contributed by atoms with Gasteiger partial charge in [0.1, 0.15) is 11.5 Å². The molecule has 1 atom stereocenters. The van der Waals surface area contributed by atoms with Crippen molar-refractivity contribution in [1.29, 1.82) is 0 Å².